The average Bonchev–Trinajstić information content (AvgIpc) is 2.43. The lowest BCUT2D eigenvalue weighted by atomic mass is 9.89. The summed E-state index contributed by atoms with van der Waals surface area (Å²) in [4.78, 5) is 24.3. The Kier molecular flexibility index (Phi) is 3.44. The third-order valence-corrected chi connectivity index (χ3v) is 3.33. The van der Waals surface area contributed by atoms with Crippen molar-refractivity contribution in [1.82, 2.24) is 4.90 Å². The molecule has 0 aromatic heterocycles. The van der Waals surface area contributed by atoms with E-state index in [4.69, 9.17) is 18.0 Å². The number of carbonyl (C=O) groups excluding carboxylic acids is 2. The summed E-state index contributed by atoms with van der Waals surface area (Å²) in [6.07, 6.45) is 1.30. The zero-order chi connectivity index (χ0) is 11.6. The number of nitrogens with two attached hydrogens (primary N) is 1. The molecule has 0 unspecified atom stereocenters. The van der Waals surface area contributed by atoms with Crippen molar-refractivity contribution in [3.63, 3.8) is 0 Å². The van der Waals surface area contributed by atoms with Crippen LogP contribution in [-0.4, -0.2) is 28.2 Å². The van der Waals surface area contributed by atoms with Crippen LogP contribution < -0.4 is 5.73 Å². The Labute approximate surface area is 94.8 Å². The van der Waals surface area contributed by atoms with Crippen LogP contribution in [0.4, 0.5) is 0 Å². The number of hydrogen-bond donors (Lipinski definition) is 1. The van der Waals surface area contributed by atoms with Crippen molar-refractivity contribution >= 4 is 29.0 Å². The second-order valence-electron chi connectivity index (χ2n) is 4.44. The van der Waals surface area contributed by atoms with Gasteiger partial charge in [0.2, 0.25) is 11.8 Å². The molecule has 1 aliphatic heterocycles. The number of imide groups is 1. The van der Waals surface area contributed by atoms with E-state index in [0.29, 0.717) is 30.8 Å². The maximum Gasteiger partial charge on any atom is 0.229 e. The van der Waals surface area contributed by atoms with Crippen molar-refractivity contribution in [2.75, 3.05) is 6.54 Å². The molecule has 5 heteroatoms. The highest BCUT2D eigenvalue weighted by Gasteiger charge is 2.31. The fraction of sp³-hybridized carbons (Fsp3) is 0.700. The number of thiocarbonyl (C=S) groups is 1. The highest BCUT2D eigenvalue weighted by atomic mass is 32.1. The van der Waals surface area contributed by atoms with Gasteiger partial charge < -0.3 is 5.73 Å². The standard InChI is InChI=1S/C10H16N2O2S/c1-10(2,9(11)15)5-6-12-7(13)3-4-8(12)14/h3-6H2,1-2H3,(H2,11,15). The Bertz CT molecular complexity index is 297. The van der Waals surface area contributed by atoms with Crippen molar-refractivity contribution in [3.8, 4) is 0 Å². The SMILES string of the molecule is CC(C)(CCN1C(=O)CCC1=O)C(N)=S. The minimum absolute atomic E-state index is 0.0845. The zero-order valence-corrected chi connectivity index (χ0v) is 9.89. The van der Waals surface area contributed by atoms with Crippen LogP contribution in [0, 0.1) is 5.41 Å². The molecule has 0 aromatic carbocycles. The maximum atomic E-state index is 11.3. The van der Waals surface area contributed by atoms with Crippen LogP contribution in [0.15, 0.2) is 0 Å². The van der Waals surface area contributed by atoms with Gasteiger partial charge in [0, 0.05) is 24.8 Å². The lowest BCUT2D eigenvalue weighted by molar-refractivity contribution is -0.138. The summed E-state index contributed by atoms with van der Waals surface area (Å²) in [5.74, 6) is -0.169. The summed E-state index contributed by atoms with van der Waals surface area (Å²) in [7, 11) is 0. The minimum atomic E-state index is -0.307. The molecular formula is C10H16N2O2S. The Hall–Kier alpha value is -0.970. The van der Waals surface area contributed by atoms with Crippen LogP contribution in [-0.2, 0) is 9.59 Å². The molecule has 84 valence electrons. The van der Waals surface area contributed by atoms with Gasteiger partial charge in [-0.3, -0.25) is 14.5 Å². The highest BCUT2D eigenvalue weighted by Crippen LogP contribution is 2.23. The predicted molar refractivity (Wildman–Crippen MR) is 61.1 cm³/mol. The van der Waals surface area contributed by atoms with Gasteiger partial charge in [-0.2, -0.15) is 0 Å². The van der Waals surface area contributed by atoms with Crippen LogP contribution in [0.25, 0.3) is 0 Å². The zero-order valence-electron chi connectivity index (χ0n) is 9.08. The Balaban J connectivity index is 2.53. The van der Waals surface area contributed by atoms with Crippen LogP contribution in [0.1, 0.15) is 33.1 Å². The van der Waals surface area contributed by atoms with Crippen molar-refractivity contribution in [2.24, 2.45) is 11.1 Å². The van der Waals surface area contributed by atoms with E-state index in [-0.39, 0.29) is 17.2 Å². The normalized spacial score (nSPS) is 17.3. The first kappa shape index (κ1) is 12.1. The monoisotopic (exact) mass is 228 g/mol. The van der Waals surface area contributed by atoms with Crippen LogP contribution in [0.2, 0.25) is 0 Å². The smallest absolute Gasteiger partial charge is 0.229 e. The molecule has 1 fully saturated rings. The Morgan fingerprint density at radius 3 is 2.27 bits per heavy atom. The predicted octanol–water partition coefficient (Wildman–Crippen LogP) is 0.838. The van der Waals surface area contributed by atoms with Gasteiger partial charge in [0.15, 0.2) is 0 Å². The molecule has 15 heavy (non-hydrogen) atoms. The van der Waals surface area contributed by atoms with Gasteiger partial charge in [0.05, 0.1) is 4.99 Å². The van der Waals surface area contributed by atoms with Crippen LogP contribution in [0.3, 0.4) is 0 Å². The minimum Gasteiger partial charge on any atom is -0.393 e. The summed E-state index contributed by atoms with van der Waals surface area (Å²) in [5.41, 5.74) is 5.26. The first-order valence-corrected chi connectivity index (χ1v) is 5.38. The molecule has 4 nitrogen and oxygen atoms in total. The second-order valence-corrected chi connectivity index (χ2v) is 4.88. The van der Waals surface area contributed by atoms with Crippen molar-refractivity contribution in [2.45, 2.75) is 33.1 Å². The molecular weight excluding hydrogens is 212 g/mol. The van der Waals surface area contributed by atoms with E-state index in [1.165, 1.54) is 4.90 Å². The van der Waals surface area contributed by atoms with Gasteiger partial charge in [-0.25, -0.2) is 0 Å². The largest absolute Gasteiger partial charge is 0.393 e. The molecule has 2 N–H and O–H groups in total. The molecule has 0 saturated carbocycles. The number of carbonyl (C=O) groups is 2. The molecule has 1 saturated heterocycles. The molecule has 0 aromatic rings. The van der Waals surface area contributed by atoms with Gasteiger partial charge in [-0.15, -0.1) is 0 Å². The third-order valence-electron chi connectivity index (χ3n) is 2.78. The summed E-state index contributed by atoms with van der Waals surface area (Å²) in [5, 5.41) is 0. The molecule has 0 radical (unpaired) electrons. The lowest BCUT2D eigenvalue weighted by Gasteiger charge is -2.25. The summed E-state index contributed by atoms with van der Waals surface area (Å²) in [6, 6.07) is 0. The molecule has 0 aliphatic carbocycles. The van der Waals surface area contributed by atoms with E-state index >= 15 is 0 Å². The quantitative estimate of drug-likeness (QED) is 0.572. The number of hydrogen-bond acceptors (Lipinski definition) is 3. The average molecular weight is 228 g/mol. The topological polar surface area (TPSA) is 63.4 Å². The van der Waals surface area contributed by atoms with Crippen LogP contribution in [0.5, 0.6) is 0 Å². The van der Waals surface area contributed by atoms with Gasteiger partial charge in [-0.1, -0.05) is 26.1 Å². The number of nitrogens with zero attached hydrogens (tertiary/aromatic N) is 1. The summed E-state index contributed by atoms with van der Waals surface area (Å²) < 4.78 is 0. The number of likely N-dealkylation sites (tertiary alicyclic amines) is 1. The first-order valence-electron chi connectivity index (χ1n) is 4.98. The van der Waals surface area contributed by atoms with Crippen LogP contribution >= 0.6 is 12.2 Å². The number of amides is 2. The lowest BCUT2D eigenvalue weighted by Crippen LogP contribution is -2.37. The van der Waals surface area contributed by atoms with Gasteiger partial charge in [0.1, 0.15) is 0 Å². The van der Waals surface area contributed by atoms with Crippen molar-refractivity contribution in [1.29, 1.82) is 0 Å². The highest BCUT2D eigenvalue weighted by molar-refractivity contribution is 7.80. The van der Waals surface area contributed by atoms with Gasteiger partial charge in [0.25, 0.3) is 0 Å². The van der Waals surface area contributed by atoms with E-state index in [9.17, 15) is 9.59 Å². The Morgan fingerprint density at radius 1 is 1.40 bits per heavy atom. The van der Waals surface area contributed by atoms with Gasteiger partial charge >= 0.3 is 0 Å². The first-order chi connectivity index (χ1) is 6.84. The molecule has 0 atom stereocenters. The van der Waals surface area contributed by atoms with E-state index in [1.807, 2.05) is 13.8 Å². The van der Waals surface area contributed by atoms with Crippen molar-refractivity contribution in [3.05, 3.63) is 0 Å². The second kappa shape index (κ2) is 4.26. The summed E-state index contributed by atoms with van der Waals surface area (Å²) in [6.45, 7) is 4.25. The Morgan fingerprint density at radius 2 is 1.87 bits per heavy atom. The fourth-order valence-corrected chi connectivity index (χ4v) is 1.49. The van der Waals surface area contributed by atoms with Crippen molar-refractivity contribution < 1.29 is 9.59 Å². The van der Waals surface area contributed by atoms with E-state index in [1.54, 1.807) is 0 Å². The third kappa shape index (κ3) is 2.75. The maximum absolute atomic E-state index is 11.3. The fourth-order valence-electron chi connectivity index (χ4n) is 1.39. The number of rotatable bonds is 4. The molecule has 1 heterocycles. The molecule has 0 spiro atoms. The van der Waals surface area contributed by atoms with E-state index < -0.39 is 0 Å². The molecule has 1 rings (SSSR count). The van der Waals surface area contributed by atoms with E-state index in [0.717, 1.165) is 0 Å². The van der Waals surface area contributed by atoms with E-state index in [2.05, 4.69) is 0 Å². The van der Waals surface area contributed by atoms with Gasteiger partial charge in [-0.05, 0) is 6.42 Å². The molecule has 1 aliphatic rings. The molecule has 0 bridgehead atoms. The summed E-state index contributed by atoms with van der Waals surface area (Å²) >= 11 is 4.92. The molecule has 2 amide bonds.